The maximum absolute atomic E-state index is 12.3. The Morgan fingerprint density at radius 2 is 2.23 bits per heavy atom. The zero-order valence-corrected chi connectivity index (χ0v) is 15.1. The Balaban J connectivity index is 1.47. The van der Waals surface area contributed by atoms with Gasteiger partial charge in [0.25, 0.3) is 5.91 Å². The number of rotatable bonds is 3. The van der Waals surface area contributed by atoms with Crippen molar-refractivity contribution in [2.24, 2.45) is 0 Å². The molecule has 0 spiro atoms. The summed E-state index contributed by atoms with van der Waals surface area (Å²) >= 11 is 1.62. The minimum Gasteiger partial charge on any atom is -0.389 e. The smallest absolute Gasteiger partial charge is 0.270 e. The van der Waals surface area contributed by atoms with E-state index >= 15 is 0 Å². The van der Waals surface area contributed by atoms with E-state index in [0.717, 1.165) is 21.6 Å². The first kappa shape index (κ1) is 16.9. The molecule has 2 atom stereocenters. The fraction of sp³-hybridized carbons (Fsp3) is 0.333. The summed E-state index contributed by atoms with van der Waals surface area (Å²) < 4.78 is 1.04. The highest BCUT2D eigenvalue weighted by atomic mass is 32.1. The molecular formula is C18H19N5O2S. The van der Waals surface area contributed by atoms with Crippen molar-refractivity contribution in [2.75, 3.05) is 18.0 Å². The number of nitrogens with zero attached hydrogens (tertiary/aromatic N) is 4. The number of β-amino-alcohol motifs (C(OH)–C–C–N with tert-alkyl or cyclic N) is 1. The van der Waals surface area contributed by atoms with Crippen molar-refractivity contribution < 1.29 is 9.90 Å². The number of carbonyl (C=O) groups excluding carboxylic acids is 1. The van der Waals surface area contributed by atoms with Crippen LogP contribution in [0.15, 0.2) is 36.1 Å². The summed E-state index contributed by atoms with van der Waals surface area (Å²) in [5.74, 6) is 0.586. The third-order valence-electron chi connectivity index (χ3n) is 4.61. The summed E-state index contributed by atoms with van der Waals surface area (Å²) in [7, 11) is 0. The number of aliphatic hydroxyl groups excluding tert-OH is 1. The fourth-order valence-electron chi connectivity index (χ4n) is 3.21. The number of anilines is 1. The van der Waals surface area contributed by atoms with E-state index in [1.807, 2.05) is 6.92 Å². The van der Waals surface area contributed by atoms with E-state index in [9.17, 15) is 9.90 Å². The number of aromatic nitrogens is 3. The Morgan fingerprint density at radius 1 is 1.35 bits per heavy atom. The highest BCUT2D eigenvalue weighted by Gasteiger charge is 2.31. The second kappa shape index (κ2) is 6.97. The maximum Gasteiger partial charge on any atom is 0.270 e. The monoisotopic (exact) mass is 369 g/mol. The van der Waals surface area contributed by atoms with Gasteiger partial charge in [-0.25, -0.2) is 9.97 Å². The lowest BCUT2D eigenvalue weighted by molar-refractivity contribution is 0.0793. The minimum atomic E-state index is -0.678. The lowest BCUT2D eigenvalue weighted by Gasteiger charge is -2.36. The minimum absolute atomic E-state index is 0.263. The molecule has 2 N–H and O–H groups in total. The van der Waals surface area contributed by atoms with Gasteiger partial charge in [0.1, 0.15) is 17.8 Å². The summed E-state index contributed by atoms with van der Waals surface area (Å²) in [5.41, 5.74) is 2.44. The number of amides is 1. The third-order valence-corrected chi connectivity index (χ3v) is 5.69. The molecule has 7 nitrogen and oxygen atoms in total. The Hall–Kier alpha value is -2.58. The Labute approximate surface area is 154 Å². The van der Waals surface area contributed by atoms with Gasteiger partial charge in [-0.3, -0.25) is 9.78 Å². The zero-order valence-electron chi connectivity index (χ0n) is 14.3. The number of piperidine rings is 1. The number of aliphatic hydroxyl groups is 1. The molecule has 134 valence electrons. The number of fused-ring (bicyclic) bond motifs is 1. The molecule has 4 heterocycles. The van der Waals surface area contributed by atoms with Crippen LogP contribution in [0.2, 0.25) is 0 Å². The largest absolute Gasteiger partial charge is 0.389 e. The fourth-order valence-corrected chi connectivity index (χ4v) is 4.23. The molecule has 1 amide bonds. The predicted molar refractivity (Wildman–Crippen MR) is 100 cm³/mol. The Bertz CT molecular complexity index is 930. The molecule has 4 rings (SSSR count). The Morgan fingerprint density at radius 3 is 3.00 bits per heavy atom. The van der Waals surface area contributed by atoms with E-state index in [2.05, 4.69) is 30.5 Å². The van der Waals surface area contributed by atoms with Crippen LogP contribution < -0.4 is 10.2 Å². The summed E-state index contributed by atoms with van der Waals surface area (Å²) in [6.45, 7) is 3.15. The molecule has 3 aromatic heterocycles. The van der Waals surface area contributed by atoms with Gasteiger partial charge < -0.3 is 15.3 Å². The highest BCUT2D eigenvalue weighted by Crippen LogP contribution is 2.32. The molecule has 0 bridgehead atoms. The van der Waals surface area contributed by atoms with Gasteiger partial charge in [0.15, 0.2) is 0 Å². The molecule has 26 heavy (non-hydrogen) atoms. The summed E-state index contributed by atoms with van der Waals surface area (Å²) in [6.07, 6.45) is 3.11. The first-order valence-electron chi connectivity index (χ1n) is 8.47. The quantitative estimate of drug-likeness (QED) is 0.731. The van der Waals surface area contributed by atoms with Crippen molar-refractivity contribution in [1.29, 1.82) is 0 Å². The van der Waals surface area contributed by atoms with E-state index in [4.69, 9.17) is 0 Å². The number of pyridine rings is 1. The van der Waals surface area contributed by atoms with E-state index < -0.39 is 6.10 Å². The van der Waals surface area contributed by atoms with Crippen LogP contribution in [0.5, 0.6) is 0 Å². The molecule has 1 aliphatic heterocycles. The van der Waals surface area contributed by atoms with Gasteiger partial charge in [0.05, 0.1) is 22.4 Å². The van der Waals surface area contributed by atoms with Crippen LogP contribution in [-0.4, -0.2) is 51.2 Å². The number of aryl methyl sites for hydroxylation is 1. The van der Waals surface area contributed by atoms with Gasteiger partial charge in [-0.05, 0) is 36.4 Å². The molecule has 0 saturated carbocycles. The van der Waals surface area contributed by atoms with Crippen LogP contribution in [0.1, 0.15) is 22.5 Å². The Kier molecular flexibility index (Phi) is 4.52. The van der Waals surface area contributed by atoms with Gasteiger partial charge in [0.2, 0.25) is 0 Å². The van der Waals surface area contributed by atoms with Crippen LogP contribution in [-0.2, 0) is 0 Å². The van der Waals surface area contributed by atoms with Crippen LogP contribution >= 0.6 is 11.3 Å². The SMILES string of the molecule is Cc1csc2c(N3CC[C@@H](NC(=O)c4ccccn4)[C@H](O)C3)ncnc12. The molecule has 1 aliphatic rings. The average Bonchev–Trinajstić information content (AvgIpc) is 3.05. The van der Waals surface area contributed by atoms with E-state index in [1.54, 1.807) is 42.1 Å². The first-order chi connectivity index (χ1) is 12.6. The average molecular weight is 369 g/mol. The number of hydrogen-bond donors (Lipinski definition) is 2. The summed E-state index contributed by atoms with van der Waals surface area (Å²) in [4.78, 5) is 27.2. The second-order valence-electron chi connectivity index (χ2n) is 6.39. The molecule has 1 fully saturated rings. The van der Waals surface area contributed by atoms with Gasteiger partial charge >= 0.3 is 0 Å². The molecule has 0 unspecified atom stereocenters. The van der Waals surface area contributed by atoms with Crippen molar-refractivity contribution in [3.8, 4) is 0 Å². The van der Waals surface area contributed by atoms with Crippen molar-refractivity contribution in [1.82, 2.24) is 20.3 Å². The van der Waals surface area contributed by atoms with Crippen molar-refractivity contribution in [3.63, 3.8) is 0 Å². The lowest BCUT2D eigenvalue weighted by Crippen LogP contribution is -2.54. The van der Waals surface area contributed by atoms with Crippen molar-refractivity contribution in [2.45, 2.75) is 25.5 Å². The van der Waals surface area contributed by atoms with Crippen LogP contribution in [0, 0.1) is 6.92 Å². The molecular weight excluding hydrogens is 350 g/mol. The van der Waals surface area contributed by atoms with Gasteiger partial charge in [0, 0.05) is 19.3 Å². The van der Waals surface area contributed by atoms with E-state index in [1.165, 1.54) is 0 Å². The van der Waals surface area contributed by atoms with Crippen LogP contribution in [0.4, 0.5) is 5.82 Å². The zero-order chi connectivity index (χ0) is 18.1. The number of thiophene rings is 1. The van der Waals surface area contributed by atoms with Crippen molar-refractivity contribution >= 4 is 33.3 Å². The molecule has 8 heteroatoms. The molecule has 1 saturated heterocycles. The molecule has 0 aliphatic carbocycles. The van der Waals surface area contributed by atoms with Gasteiger partial charge in [-0.15, -0.1) is 11.3 Å². The maximum atomic E-state index is 12.3. The predicted octanol–water partition coefficient (Wildman–Crippen LogP) is 1.76. The van der Waals surface area contributed by atoms with Crippen LogP contribution in [0.25, 0.3) is 10.2 Å². The molecule has 0 aromatic carbocycles. The van der Waals surface area contributed by atoms with Crippen LogP contribution in [0.3, 0.4) is 0 Å². The standard InChI is InChI=1S/C18H19N5O2S/c1-11-9-26-16-15(11)20-10-21-17(16)23-7-5-12(14(24)8-23)22-18(25)13-4-2-3-6-19-13/h2-4,6,9-10,12,14,24H,5,7-8H2,1H3,(H,22,25)/t12-,14-/m1/s1. The highest BCUT2D eigenvalue weighted by molar-refractivity contribution is 7.18. The van der Waals surface area contributed by atoms with Gasteiger partial charge in [-0.1, -0.05) is 6.07 Å². The van der Waals surface area contributed by atoms with Crippen molar-refractivity contribution in [3.05, 3.63) is 47.4 Å². The third kappa shape index (κ3) is 3.13. The summed E-state index contributed by atoms with van der Waals surface area (Å²) in [6, 6.07) is 4.89. The number of carbonyl (C=O) groups is 1. The topological polar surface area (TPSA) is 91.2 Å². The van der Waals surface area contributed by atoms with E-state index in [-0.39, 0.29) is 11.9 Å². The summed E-state index contributed by atoms with van der Waals surface area (Å²) in [5, 5.41) is 15.5. The molecule has 3 aromatic rings. The lowest BCUT2D eigenvalue weighted by atomic mass is 10.0. The molecule has 0 radical (unpaired) electrons. The van der Waals surface area contributed by atoms with E-state index in [0.29, 0.717) is 25.2 Å². The first-order valence-corrected chi connectivity index (χ1v) is 9.35. The second-order valence-corrected chi connectivity index (χ2v) is 7.27. The number of nitrogens with one attached hydrogen (secondary N) is 1. The normalized spacial score (nSPS) is 20.3. The number of hydrogen-bond acceptors (Lipinski definition) is 7. The van der Waals surface area contributed by atoms with Gasteiger partial charge in [-0.2, -0.15) is 0 Å².